The summed E-state index contributed by atoms with van der Waals surface area (Å²) in [6, 6.07) is 12.5. The van der Waals surface area contributed by atoms with Crippen LogP contribution in [0, 0.1) is 0 Å². The van der Waals surface area contributed by atoms with Crippen molar-refractivity contribution in [2.24, 2.45) is 0 Å². The Morgan fingerprint density at radius 2 is 1.62 bits per heavy atom. The minimum Gasteiger partial charge on any atom is -0.493 e. The number of aromatic amines is 1. The van der Waals surface area contributed by atoms with Crippen LogP contribution in [0.2, 0.25) is 0 Å². The predicted molar refractivity (Wildman–Crippen MR) is 110 cm³/mol. The summed E-state index contributed by atoms with van der Waals surface area (Å²) in [5.74, 6) is 0.960. The lowest BCUT2D eigenvalue weighted by Gasteiger charge is -2.15. The third kappa shape index (κ3) is 4.16. The molecular weight excluding hydrogens is 370 g/mol. The fourth-order valence-corrected chi connectivity index (χ4v) is 3.27. The second kappa shape index (κ2) is 8.65. The van der Waals surface area contributed by atoms with Crippen molar-refractivity contribution in [1.82, 2.24) is 4.98 Å². The molecule has 1 N–H and O–H groups in total. The zero-order chi connectivity index (χ0) is 21.0. The normalized spacial score (nSPS) is 10.5. The number of ketones is 2. The second-order valence-corrected chi connectivity index (χ2v) is 6.58. The third-order valence-electron chi connectivity index (χ3n) is 4.63. The van der Waals surface area contributed by atoms with Crippen LogP contribution in [0.25, 0.3) is 11.3 Å². The number of hydrogen-bond acceptors (Lipinski definition) is 5. The maximum atomic E-state index is 13.3. The molecule has 0 aliphatic rings. The highest BCUT2D eigenvalue weighted by molar-refractivity contribution is 6.11. The molecule has 0 saturated heterocycles. The molecule has 2 aromatic carbocycles. The summed E-state index contributed by atoms with van der Waals surface area (Å²) in [5.41, 5.74) is 3.35. The van der Waals surface area contributed by atoms with Crippen LogP contribution in [0.15, 0.2) is 48.7 Å². The minimum atomic E-state index is -0.224. The quantitative estimate of drug-likeness (QED) is 0.584. The van der Waals surface area contributed by atoms with Crippen molar-refractivity contribution >= 4 is 11.6 Å². The Morgan fingerprint density at radius 1 is 0.931 bits per heavy atom. The van der Waals surface area contributed by atoms with Crippen molar-refractivity contribution in [3.8, 4) is 28.5 Å². The van der Waals surface area contributed by atoms with Gasteiger partial charge >= 0.3 is 0 Å². The number of carbonyl (C=O) groups excluding carboxylic acids is 2. The molecule has 3 rings (SSSR count). The Bertz CT molecular complexity index is 1010. The van der Waals surface area contributed by atoms with Crippen molar-refractivity contribution in [3.05, 3.63) is 65.4 Å². The van der Waals surface area contributed by atoms with Gasteiger partial charge in [0.2, 0.25) is 5.75 Å². The highest BCUT2D eigenvalue weighted by atomic mass is 16.5. The monoisotopic (exact) mass is 393 g/mol. The number of ether oxygens (including phenoxy) is 3. The van der Waals surface area contributed by atoms with Crippen LogP contribution in [0.4, 0.5) is 0 Å². The van der Waals surface area contributed by atoms with Crippen LogP contribution in [-0.4, -0.2) is 37.9 Å². The van der Waals surface area contributed by atoms with E-state index in [1.165, 1.54) is 28.3 Å². The van der Waals surface area contributed by atoms with Crippen molar-refractivity contribution in [3.63, 3.8) is 0 Å². The SMILES string of the molecule is COc1cc(C(=O)c2ccc(-c3ccc[nH]3)cc2CC(C)=O)cc(OC)c1OC. The van der Waals surface area contributed by atoms with E-state index in [9.17, 15) is 9.59 Å². The van der Waals surface area contributed by atoms with Gasteiger partial charge < -0.3 is 19.2 Å². The number of rotatable bonds is 8. The Labute approximate surface area is 169 Å². The first kappa shape index (κ1) is 20.2. The summed E-state index contributed by atoms with van der Waals surface area (Å²) in [5, 5.41) is 0. The smallest absolute Gasteiger partial charge is 0.203 e. The van der Waals surface area contributed by atoms with Gasteiger partial charge in [-0.1, -0.05) is 12.1 Å². The van der Waals surface area contributed by atoms with Crippen LogP contribution >= 0.6 is 0 Å². The molecule has 0 unspecified atom stereocenters. The van der Waals surface area contributed by atoms with Gasteiger partial charge in [-0.3, -0.25) is 9.59 Å². The lowest BCUT2D eigenvalue weighted by molar-refractivity contribution is -0.116. The number of H-pyrrole nitrogens is 1. The number of carbonyl (C=O) groups is 2. The summed E-state index contributed by atoms with van der Waals surface area (Å²) in [6.45, 7) is 1.51. The molecule has 0 radical (unpaired) electrons. The highest BCUT2D eigenvalue weighted by Crippen LogP contribution is 2.39. The van der Waals surface area contributed by atoms with Gasteiger partial charge in [0.25, 0.3) is 0 Å². The number of nitrogens with one attached hydrogen (secondary N) is 1. The summed E-state index contributed by atoms with van der Waals surface area (Å²) in [7, 11) is 4.50. The van der Waals surface area contributed by atoms with E-state index in [0.29, 0.717) is 33.9 Å². The average molecular weight is 393 g/mol. The predicted octanol–water partition coefficient (Wildman–Crippen LogP) is 4.07. The molecule has 0 atom stereocenters. The van der Waals surface area contributed by atoms with Crippen LogP contribution in [0.1, 0.15) is 28.4 Å². The average Bonchev–Trinajstić information content (AvgIpc) is 3.26. The number of benzene rings is 2. The van der Waals surface area contributed by atoms with Crippen LogP contribution in [0.5, 0.6) is 17.2 Å². The van der Waals surface area contributed by atoms with E-state index in [1.807, 2.05) is 30.5 Å². The summed E-state index contributed by atoms with van der Waals surface area (Å²) in [6.07, 6.45) is 2.00. The van der Waals surface area contributed by atoms with Gasteiger partial charge in [-0.05, 0) is 48.4 Å². The van der Waals surface area contributed by atoms with Gasteiger partial charge in [0.1, 0.15) is 5.78 Å². The number of aromatic nitrogens is 1. The molecule has 0 amide bonds. The van der Waals surface area contributed by atoms with Crippen molar-refractivity contribution < 1.29 is 23.8 Å². The van der Waals surface area contributed by atoms with Crippen LogP contribution in [-0.2, 0) is 11.2 Å². The largest absolute Gasteiger partial charge is 0.493 e. The third-order valence-corrected chi connectivity index (χ3v) is 4.63. The minimum absolute atomic E-state index is 0.0208. The van der Waals surface area contributed by atoms with Crippen LogP contribution in [0.3, 0.4) is 0 Å². The lowest BCUT2D eigenvalue weighted by atomic mass is 9.93. The van der Waals surface area contributed by atoms with E-state index in [1.54, 1.807) is 18.2 Å². The summed E-state index contributed by atoms with van der Waals surface area (Å²) < 4.78 is 16.0. The van der Waals surface area contributed by atoms with Gasteiger partial charge in [0.15, 0.2) is 17.3 Å². The van der Waals surface area contributed by atoms with Crippen molar-refractivity contribution in [2.75, 3.05) is 21.3 Å². The van der Waals surface area contributed by atoms with Crippen LogP contribution < -0.4 is 14.2 Å². The van der Waals surface area contributed by atoms with Crippen molar-refractivity contribution in [1.29, 1.82) is 0 Å². The molecule has 0 aliphatic carbocycles. The van der Waals surface area contributed by atoms with E-state index >= 15 is 0 Å². The molecule has 6 heteroatoms. The van der Waals surface area contributed by atoms with E-state index in [0.717, 1.165) is 11.3 Å². The van der Waals surface area contributed by atoms with Gasteiger partial charge in [0.05, 0.1) is 21.3 Å². The molecule has 1 heterocycles. The number of Topliss-reactive ketones (excluding diaryl/α,β-unsaturated/α-hetero) is 1. The standard InChI is InChI=1S/C23H23NO5/c1-14(25)10-16-11-15(19-6-5-9-24-19)7-8-18(16)22(26)17-12-20(27-2)23(29-4)21(13-17)28-3/h5-9,11-13,24H,10H2,1-4H3. The van der Waals surface area contributed by atoms with Gasteiger partial charge in [0, 0.05) is 29.4 Å². The molecule has 0 fully saturated rings. The van der Waals surface area contributed by atoms with E-state index in [-0.39, 0.29) is 18.0 Å². The molecule has 1 aromatic heterocycles. The van der Waals surface area contributed by atoms with E-state index in [4.69, 9.17) is 14.2 Å². The zero-order valence-electron chi connectivity index (χ0n) is 16.9. The first-order valence-electron chi connectivity index (χ1n) is 9.09. The Kier molecular flexibility index (Phi) is 6.02. The molecule has 29 heavy (non-hydrogen) atoms. The molecule has 3 aromatic rings. The second-order valence-electron chi connectivity index (χ2n) is 6.58. The van der Waals surface area contributed by atoms with E-state index < -0.39 is 0 Å². The molecule has 6 nitrogen and oxygen atoms in total. The molecule has 0 aliphatic heterocycles. The van der Waals surface area contributed by atoms with Gasteiger partial charge in [-0.15, -0.1) is 0 Å². The van der Waals surface area contributed by atoms with Gasteiger partial charge in [-0.2, -0.15) is 0 Å². The summed E-state index contributed by atoms with van der Waals surface area (Å²) in [4.78, 5) is 28.3. The highest BCUT2D eigenvalue weighted by Gasteiger charge is 2.21. The Morgan fingerprint density at radius 3 is 2.14 bits per heavy atom. The number of hydrogen-bond donors (Lipinski definition) is 1. The molecule has 150 valence electrons. The first-order valence-corrected chi connectivity index (χ1v) is 9.09. The zero-order valence-corrected chi connectivity index (χ0v) is 16.9. The first-order chi connectivity index (χ1) is 14.0. The van der Waals surface area contributed by atoms with E-state index in [2.05, 4.69) is 4.98 Å². The fraction of sp³-hybridized carbons (Fsp3) is 0.217. The molecular formula is C23H23NO5. The molecule has 0 bridgehead atoms. The van der Waals surface area contributed by atoms with Gasteiger partial charge in [-0.25, -0.2) is 0 Å². The maximum absolute atomic E-state index is 13.3. The topological polar surface area (TPSA) is 77.6 Å². The Balaban J connectivity index is 2.10. The van der Waals surface area contributed by atoms with Crippen molar-refractivity contribution in [2.45, 2.75) is 13.3 Å². The fourth-order valence-electron chi connectivity index (χ4n) is 3.27. The molecule has 0 spiro atoms. The lowest BCUT2D eigenvalue weighted by Crippen LogP contribution is -2.09. The maximum Gasteiger partial charge on any atom is 0.203 e. The summed E-state index contributed by atoms with van der Waals surface area (Å²) >= 11 is 0. The number of methoxy groups -OCH3 is 3. The molecule has 0 saturated carbocycles. The Hall–Kier alpha value is -3.54.